The average molecular weight is 282 g/mol. The Bertz CT molecular complexity index is 489. The molecule has 1 N–H and O–H groups in total. The van der Waals surface area contributed by atoms with Crippen LogP contribution in [0.4, 0.5) is 0 Å². The summed E-state index contributed by atoms with van der Waals surface area (Å²) in [5, 5.41) is 3.05. The lowest BCUT2D eigenvalue weighted by Gasteiger charge is -2.20. The third-order valence-electron chi connectivity index (χ3n) is 3.51. The van der Waals surface area contributed by atoms with Gasteiger partial charge in [-0.3, -0.25) is 0 Å². The third kappa shape index (κ3) is 3.55. The van der Waals surface area contributed by atoms with E-state index >= 15 is 0 Å². The summed E-state index contributed by atoms with van der Waals surface area (Å²) in [5.41, 5.74) is 1.09. The van der Waals surface area contributed by atoms with Crippen LogP contribution in [0.25, 0.3) is 0 Å². The molecule has 1 aromatic carbocycles. The van der Waals surface area contributed by atoms with Crippen LogP contribution in [0.15, 0.2) is 29.2 Å². The number of hydrogen-bond acceptors (Lipinski definition) is 3. The Morgan fingerprint density at radius 2 is 1.63 bits per heavy atom. The Morgan fingerprint density at radius 3 is 2.16 bits per heavy atom. The van der Waals surface area contributed by atoms with Crippen LogP contribution in [-0.4, -0.2) is 32.9 Å². The fourth-order valence-corrected chi connectivity index (χ4v) is 3.93. The maximum absolute atomic E-state index is 12.5. The van der Waals surface area contributed by atoms with Crippen LogP contribution < -0.4 is 5.32 Å². The molecular weight excluding hydrogens is 260 g/mol. The molecule has 1 aromatic rings. The fraction of sp³-hybridized carbons (Fsp3) is 0.571. The van der Waals surface area contributed by atoms with E-state index in [4.69, 9.17) is 0 Å². The Hall–Kier alpha value is -0.910. The summed E-state index contributed by atoms with van der Waals surface area (Å²) in [4.78, 5) is 0.411. The minimum atomic E-state index is -3.30. The zero-order valence-electron chi connectivity index (χ0n) is 11.4. The number of hydrogen-bond donors (Lipinski definition) is 1. The van der Waals surface area contributed by atoms with Gasteiger partial charge in [0.2, 0.25) is 10.0 Å². The second kappa shape index (κ2) is 6.50. The van der Waals surface area contributed by atoms with Gasteiger partial charge in [0.1, 0.15) is 0 Å². The van der Waals surface area contributed by atoms with Crippen LogP contribution in [-0.2, 0) is 16.6 Å². The molecule has 5 heteroatoms. The Labute approximate surface area is 115 Å². The molecule has 19 heavy (non-hydrogen) atoms. The molecule has 0 aliphatic carbocycles. The van der Waals surface area contributed by atoms with E-state index in [0.717, 1.165) is 37.8 Å². The highest BCUT2D eigenvalue weighted by Gasteiger charge is 2.24. The second-order valence-electron chi connectivity index (χ2n) is 4.99. The fourth-order valence-electron chi connectivity index (χ4n) is 2.41. The molecule has 0 radical (unpaired) electrons. The van der Waals surface area contributed by atoms with E-state index in [1.54, 1.807) is 16.4 Å². The maximum Gasteiger partial charge on any atom is 0.243 e. The monoisotopic (exact) mass is 282 g/mol. The van der Waals surface area contributed by atoms with Crippen molar-refractivity contribution in [1.29, 1.82) is 0 Å². The minimum absolute atomic E-state index is 0.411. The quantitative estimate of drug-likeness (QED) is 0.918. The lowest BCUT2D eigenvalue weighted by atomic mass is 10.2. The molecule has 4 nitrogen and oxygen atoms in total. The molecule has 1 saturated heterocycles. The van der Waals surface area contributed by atoms with E-state index in [1.807, 2.05) is 19.2 Å². The van der Waals surface area contributed by atoms with Gasteiger partial charge in [0.05, 0.1) is 4.90 Å². The molecule has 0 aromatic heterocycles. The van der Waals surface area contributed by atoms with Crippen molar-refractivity contribution in [3.63, 3.8) is 0 Å². The Balaban J connectivity index is 2.18. The first-order chi connectivity index (χ1) is 9.14. The normalized spacial score (nSPS) is 18.2. The smallest absolute Gasteiger partial charge is 0.243 e. The molecule has 1 fully saturated rings. The van der Waals surface area contributed by atoms with Crippen molar-refractivity contribution in [3.8, 4) is 0 Å². The molecule has 1 aliphatic rings. The van der Waals surface area contributed by atoms with Gasteiger partial charge in [-0.25, -0.2) is 8.42 Å². The molecule has 0 spiro atoms. The van der Waals surface area contributed by atoms with Gasteiger partial charge in [-0.05, 0) is 37.6 Å². The van der Waals surface area contributed by atoms with Crippen LogP contribution in [0.3, 0.4) is 0 Å². The molecule has 106 valence electrons. The van der Waals surface area contributed by atoms with Gasteiger partial charge in [-0.15, -0.1) is 0 Å². The highest BCUT2D eigenvalue weighted by molar-refractivity contribution is 7.89. The van der Waals surface area contributed by atoms with Crippen molar-refractivity contribution in [1.82, 2.24) is 9.62 Å². The summed E-state index contributed by atoms with van der Waals surface area (Å²) in [6, 6.07) is 7.18. The van der Waals surface area contributed by atoms with Gasteiger partial charge in [-0.1, -0.05) is 25.0 Å². The maximum atomic E-state index is 12.5. The van der Waals surface area contributed by atoms with Gasteiger partial charge >= 0.3 is 0 Å². The summed E-state index contributed by atoms with van der Waals surface area (Å²) in [7, 11) is -1.43. The first-order valence-corrected chi connectivity index (χ1v) is 8.32. The molecule has 0 saturated carbocycles. The summed E-state index contributed by atoms with van der Waals surface area (Å²) in [6.07, 6.45) is 4.20. The van der Waals surface area contributed by atoms with E-state index in [0.29, 0.717) is 18.0 Å². The first kappa shape index (κ1) is 14.5. The summed E-state index contributed by atoms with van der Waals surface area (Å²) >= 11 is 0. The van der Waals surface area contributed by atoms with Crippen LogP contribution in [0.5, 0.6) is 0 Å². The zero-order valence-corrected chi connectivity index (χ0v) is 12.2. The van der Waals surface area contributed by atoms with Crippen LogP contribution >= 0.6 is 0 Å². The van der Waals surface area contributed by atoms with Gasteiger partial charge in [0.15, 0.2) is 0 Å². The summed E-state index contributed by atoms with van der Waals surface area (Å²) in [6.45, 7) is 2.06. The SMILES string of the molecule is CNCc1ccc(S(=O)(=O)N2CCCCCC2)cc1. The van der Waals surface area contributed by atoms with Crippen LogP contribution in [0, 0.1) is 0 Å². The van der Waals surface area contributed by atoms with Crippen molar-refractivity contribution >= 4 is 10.0 Å². The van der Waals surface area contributed by atoms with Gasteiger partial charge in [0.25, 0.3) is 0 Å². The second-order valence-corrected chi connectivity index (χ2v) is 6.93. The number of nitrogens with one attached hydrogen (secondary N) is 1. The molecular formula is C14H22N2O2S. The zero-order chi connectivity index (χ0) is 13.7. The molecule has 0 amide bonds. The number of rotatable bonds is 4. The third-order valence-corrected chi connectivity index (χ3v) is 5.42. The van der Waals surface area contributed by atoms with Crippen molar-refractivity contribution in [3.05, 3.63) is 29.8 Å². The highest BCUT2D eigenvalue weighted by Crippen LogP contribution is 2.20. The van der Waals surface area contributed by atoms with E-state index < -0.39 is 10.0 Å². The molecule has 0 bridgehead atoms. The number of nitrogens with zero attached hydrogens (tertiary/aromatic N) is 1. The predicted octanol–water partition coefficient (Wildman–Crippen LogP) is 1.97. The minimum Gasteiger partial charge on any atom is -0.316 e. The van der Waals surface area contributed by atoms with E-state index in [1.165, 1.54) is 0 Å². The van der Waals surface area contributed by atoms with E-state index in [-0.39, 0.29) is 0 Å². The molecule has 1 heterocycles. The predicted molar refractivity (Wildman–Crippen MR) is 76.4 cm³/mol. The van der Waals surface area contributed by atoms with Gasteiger partial charge in [-0.2, -0.15) is 4.31 Å². The summed E-state index contributed by atoms with van der Waals surface area (Å²) < 4.78 is 26.7. The van der Waals surface area contributed by atoms with Crippen molar-refractivity contribution < 1.29 is 8.42 Å². The average Bonchev–Trinajstić information content (AvgIpc) is 2.69. The molecule has 1 aliphatic heterocycles. The van der Waals surface area contributed by atoms with Gasteiger partial charge in [0, 0.05) is 19.6 Å². The van der Waals surface area contributed by atoms with Crippen molar-refractivity contribution in [2.45, 2.75) is 37.1 Å². The highest BCUT2D eigenvalue weighted by atomic mass is 32.2. The van der Waals surface area contributed by atoms with Crippen LogP contribution in [0.2, 0.25) is 0 Å². The molecule has 0 atom stereocenters. The van der Waals surface area contributed by atoms with Crippen molar-refractivity contribution in [2.75, 3.05) is 20.1 Å². The Morgan fingerprint density at radius 1 is 1.05 bits per heavy atom. The topological polar surface area (TPSA) is 49.4 Å². The largest absolute Gasteiger partial charge is 0.316 e. The first-order valence-electron chi connectivity index (χ1n) is 6.88. The summed E-state index contributed by atoms with van der Waals surface area (Å²) in [5.74, 6) is 0. The number of benzene rings is 1. The lowest BCUT2D eigenvalue weighted by Crippen LogP contribution is -2.31. The number of sulfonamides is 1. The van der Waals surface area contributed by atoms with Crippen molar-refractivity contribution in [2.24, 2.45) is 0 Å². The standard InChI is InChI=1S/C14H22N2O2S/c1-15-12-13-6-8-14(9-7-13)19(17,18)16-10-4-2-3-5-11-16/h6-9,15H,2-5,10-12H2,1H3. The molecule has 2 rings (SSSR count). The van der Waals surface area contributed by atoms with Gasteiger partial charge < -0.3 is 5.32 Å². The van der Waals surface area contributed by atoms with E-state index in [2.05, 4.69) is 5.32 Å². The van der Waals surface area contributed by atoms with Crippen LogP contribution in [0.1, 0.15) is 31.2 Å². The van der Waals surface area contributed by atoms with E-state index in [9.17, 15) is 8.42 Å². The lowest BCUT2D eigenvalue weighted by molar-refractivity contribution is 0.423. The Kier molecular flexibility index (Phi) is 4.96. The molecule has 0 unspecified atom stereocenters.